The largest absolute Gasteiger partial charge is 0.496 e. The Hall–Kier alpha value is -3.67. The van der Waals surface area contributed by atoms with Crippen LogP contribution in [0.1, 0.15) is 0 Å². The highest BCUT2D eigenvalue weighted by atomic mass is 16.5. The zero-order chi connectivity index (χ0) is 17.5. The quantitative estimate of drug-likeness (QED) is 0.501. The number of imidazole rings is 1. The molecule has 0 bridgehead atoms. The summed E-state index contributed by atoms with van der Waals surface area (Å²) in [5.41, 5.74) is 5.53. The van der Waals surface area contributed by atoms with Crippen LogP contribution in [0.25, 0.3) is 33.9 Å². The monoisotopic (exact) mass is 341 g/mol. The van der Waals surface area contributed by atoms with Gasteiger partial charge in [-0.3, -0.25) is 4.98 Å². The summed E-state index contributed by atoms with van der Waals surface area (Å²) in [5.74, 6) is 2.29. The molecule has 5 rings (SSSR count). The van der Waals surface area contributed by atoms with Gasteiger partial charge in [0.25, 0.3) is 0 Å². The van der Waals surface area contributed by atoms with Crippen LogP contribution in [-0.2, 0) is 0 Å². The van der Waals surface area contributed by atoms with Crippen molar-refractivity contribution in [1.82, 2.24) is 19.9 Å². The second-order valence-corrected chi connectivity index (χ2v) is 5.96. The number of aromatic amines is 1. The number of pyridine rings is 2. The zero-order valence-electron chi connectivity index (χ0n) is 14.0. The van der Waals surface area contributed by atoms with Gasteiger partial charge in [-0.15, -0.1) is 0 Å². The first kappa shape index (κ1) is 14.7. The van der Waals surface area contributed by atoms with E-state index in [0.717, 1.165) is 51.2 Å². The van der Waals surface area contributed by atoms with Gasteiger partial charge >= 0.3 is 0 Å². The third-order valence-corrected chi connectivity index (χ3v) is 4.47. The van der Waals surface area contributed by atoms with E-state index in [0.29, 0.717) is 0 Å². The fourth-order valence-electron chi connectivity index (χ4n) is 3.27. The van der Waals surface area contributed by atoms with E-state index >= 15 is 0 Å². The summed E-state index contributed by atoms with van der Waals surface area (Å²) in [6.07, 6.45) is 5.34. The molecular formula is C20H15N5O. The number of hydrogen-bond acceptors (Lipinski definition) is 5. The summed E-state index contributed by atoms with van der Waals surface area (Å²) in [5, 5.41) is 3.36. The molecule has 0 unspecified atom stereocenters. The van der Waals surface area contributed by atoms with Gasteiger partial charge in [-0.2, -0.15) is 0 Å². The zero-order valence-corrected chi connectivity index (χ0v) is 14.0. The first-order chi connectivity index (χ1) is 12.8. The van der Waals surface area contributed by atoms with Crippen LogP contribution in [-0.4, -0.2) is 27.0 Å². The molecule has 3 aromatic heterocycles. The van der Waals surface area contributed by atoms with Crippen molar-refractivity contribution in [1.29, 1.82) is 0 Å². The Morgan fingerprint density at radius 3 is 2.73 bits per heavy atom. The van der Waals surface area contributed by atoms with Crippen molar-refractivity contribution in [3.8, 4) is 39.7 Å². The molecule has 4 aromatic rings. The van der Waals surface area contributed by atoms with Gasteiger partial charge in [0.2, 0.25) is 0 Å². The van der Waals surface area contributed by atoms with Crippen LogP contribution in [0.3, 0.4) is 0 Å². The van der Waals surface area contributed by atoms with Gasteiger partial charge < -0.3 is 15.0 Å². The lowest BCUT2D eigenvalue weighted by molar-refractivity contribution is 0.416. The number of H-pyrrole nitrogens is 1. The Balaban J connectivity index is 1.81. The first-order valence-corrected chi connectivity index (χ1v) is 8.25. The maximum Gasteiger partial charge on any atom is 0.142 e. The lowest BCUT2D eigenvalue weighted by Crippen LogP contribution is -1.96. The van der Waals surface area contributed by atoms with Crippen LogP contribution in [0.4, 0.5) is 11.5 Å². The normalized spacial score (nSPS) is 11.6. The second-order valence-electron chi connectivity index (χ2n) is 5.96. The molecule has 1 aliphatic rings. The summed E-state index contributed by atoms with van der Waals surface area (Å²) < 4.78 is 5.50. The van der Waals surface area contributed by atoms with Gasteiger partial charge in [0.05, 0.1) is 30.3 Å². The predicted octanol–water partition coefficient (Wildman–Crippen LogP) is 4.27. The fraction of sp³-hybridized carbons (Fsp3) is 0.0500. The van der Waals surface area contributed by atoms with E-state index in [-0.39, 0.29) is 0 Å². The summed E-state index contributed by atoms with van der Waals surface area (Å²) in [6, 6.07) is 13.7. The number of fused-ring (bicyclic) bond motifs is 5. The second kappa shape index (κ2) is 5.70. The molecule has 26 heavy (non-hydrogen) atoms. The van der Waals surface area contributed by atoms with Crippen molar-refractivity contribution < 1.29 is 4.74 Å². The molecule has 0 atom stereocenters. The number of hydrogen-bond donors (Lipinski definition) is 2. The molecule has 1 aromatic carbocycles. The van der Waals surface area contributed by atoms with E-state index in [4.69, 9.17) is 9.72 Å². The van der Waals surface area contributed by atoms with E-state index in [1.165, 1.54) is 0 Å². The highest BCUT2D eigenvalue weighted by Crippen LogP contribution is 2.43. The average Bonchev–Trinajstić information content (AvgIpc) is 3.08. The SMILES string of the molecule is COc1ccccc1-c1nc2c([nH]1)-c1ccncc1Nc1ncccc1-2. The number of ether oxygens (including phenoxy) is 1. The van der Waals surface area contributed by atoms with E-state index in [9.17, 15) is 0 Å². The van der Waals surface area contributed by atoms with Crippen LogP contribution in [0.5, 0.6) is 5.75 Å². The summed E-state index contributed by atoms with van der Waals surface area (Å²) in [6.45, 7) is 0. The van der Waals surface area contributed by atoms with Crippen molar-refractivity contribution in [3.05, 3.63) is 61.1 Å². The van der Waals surface area contributed by atoms with Gasteiger partial charge in [-0.05, 0) is 30.3 Å². The Morgan fingerprint density at radius 2 is 1.81 bits per heavy atom. The maximum atomic E-state index is 5.50. The Labute approximate surface area is 149 Å². The van der Waals surface area contributed by atoms with E-state index < -0.39 is 0 Å². The smallest absolute Gasteiger partial charge is 0.142 e. The molecule has 4 heterocycles. The Morgan fingerprint density at radius 1 is 0.923 bits per heavy atom. The number of para-hydroxylation sites is 1. The lowest BCUT2D eigenvalue weighted by atomic mass is 10.1. The van der Waals surface area contributed by atoms with Gasteiger partial charge in [0.15, 0.2) is 0 Å². The van der Waals surface area contributed by atoms with Crippen molar-refractivity contribution in [3.63, 3.8) is 0 Å². The average molecular weight is 341 g/mol. The first-order valence-electron chi connectivity index (χ1n) is 8.25. The number of methoxy groups -OCH3 is 1. The third-order valence-electron chi connectivity index (χ3n) is 4.47. The van der Waals surface area contributed by atoms with E-state index in [1.807, 2.05) is 42.5 Å². The molecule has 0 fully saturated rings. The van der Waals surface area contributed by atoms with Gasteiger partial charge in [-0.25, -0.2) is 9.97 Å². The van der Waals surface area contributed by atoms with Crippen LogP contribution < -0.4 is 10.1 Å². The maximum absolute atomic E-state index is 5.50. The fourth-order valence-corrected chi connectivity index (χ4v) is 3.27. The molecule has 126 valence electrons. The molecule has 0 aliphatic carbocycles. The molecule has 2 N–H and O–H groups in total. The number of nitrogens with one attached hydrogen (secondary N) is 2. The molecule has 6 nitrogen and oxygen atoms in total. The number of aromatic nitrogens is 4. The third kappa shape index (κ3) is 2.16. The van der Waals surface area contributed by atoms with Gasteiger partial charge in [0.1, 0.15) is 23.1 Å². The highest BCUT2D eigenvalue weighted by Gasteiger charge is 2.24. The van der Waals surface area contributed by atoms with Crippen molar-refractivity contribution in [2.24, 2.45) is 0 Å². The molecule has 1 aliphatic heterocycles. The topological polar surface area (TPSA) is 75.7 Å². The summed E-state index contributed by atoms with van der Waals surface area (Å²) in [7, 11) is 1.66. The number of nitrogens with zero attached hydrogens (tertiary/aromatic N) is 3. The Bertz CT molecular complexity index is 1060. The Kier molecular flexibility index (Phi) is 3.21. The molecule has 0 amide bonds. The van der Waals surface area contributed by atoms with Crippen molar-refractivity contribution in [2.75, 3.05) is 12.4 Å². The van der Waals surface area contributed by atoms with Crippen LogP contribution in [0, 0.1) is 0 Å². The molecular weight excluding hydrogens is 326 g/mol. The number of benzene rings is 1. The molecule has 0 radical (unpaired) electrons. The van der Waals surface area contributed by atoms with Crippen molar-refractivity contribution in [2.45, 2.75) is 0 Å². The van der Waals surface area contributed by atoms with Gasteiger partial charge in [0, 0.05) is 23.5 Å². The van der Waals surface area contributed by atoms with Crippen LogP contribution >= 0.6 is 0 Å². The number of anilines is 2. The summed E-state index contributed by atoms with van der Waals surface area (Å²) >= 11 is 0. The minimum Gasteiger partial charge on any atom is -0.496 e. The molecule has 0 saturated heterocycles. The van der Waals surface area contributed by atoms with E-state index in [1.54, 1.807) is 25.7 Å². The molecule has 6 heteroatoms. The molecule has 0 spiro atoms. The summed E-state index contributed by atoms with van der Waals surface area (Å²) in [4.78, 5) is 17.1. The van der Waals surface area contributed by atoms with E-state index in [2.05, 4.69) is 20.3 Å². The minimum absolute atomic E-state index is 0.756. The lowest BCUT2D eigenvalue weighted by Gasteiger charge is -2.08. The predicted molar refractivity (Wildman–Crippen MR) is 100 cm³/mol. The van der Waals surface area contributed by atoms with Crippen molar-refractivity contribution >= 4 is 11.5 Å². The van der Waals surface area contributed by atoms with Crippen LogP contribution in [0.15, 0.2) is 61.1 Å². The van der Waals surface area contributed by atoms with Gasteiger partial charge in [-0.1, -0.05) is 12.1 Å². The minimum atomic E-state index is 0.756. The highest BCUT2D eigenvalue weighted by molar-refractivity contribution is 5.95. The molecule has 0 saturated carbocycles. The number of rotatable bonds is 2. The standard InChI is InChI=1S/C20H15N5O/c1-26-16-7-3-2-5-13(16)20-24-17-12-8-10-21-11-15(12)23-19-14(18(17)25-20)6-4-9-22-19/h2-11H,1H3,(H,22,23)(H,24,25). The van der Waals surface area contributed by atoms with Crippen LogP contribution in [0.2, 0.25) is 0 Å².